The van der Waals surface area contributed by atoms with E-state index in [1.165, 1.54) is 11.1 Å². The number of azo groups is 1. The lowest BCUT2D eigenvalue weighted by Crippen LogP contribution is -2.36. The first kappa shape index (κ1) is 21.0. The van der Waals surface area contributed by atoms with Gasteiger partial charge in [-0.2, -0.15) is 10.2 Å². The monoisotopic (exact) mass is 367 g/mol. The molecule has 0 heterocycles. The lowest BCUT2D eigenvalue weighted by atomic mass is 10.1. The molecule has 0 saturated heterocycles. The SMILES string of the molecule is CCCc1ccc(N=Nc2ccc(CC/C=C/[C@@H](O)[C@@H](N)CO)cc2)cc1. The smallest absolute Gasteiger partial charge is 0.0894 e. The minimum Gasteiger partial charge on any atom is -0.395 e. The molecule has 2 aromatic carbocycles. The first-order valence-electron chi connectivity index (χ1n) is 9.43. The summed E-state index contributed by atoms with van der Waals surface area (Å²) in [4.78, 5) is 0. The second-order valence-corrected chi connectivity index (χ2v) is 6.59. The zero-order valence-corrected chi connectivity index (χ0v) is 15.8. The molecule has 0 spiro atoms. The van der Waals surface area contributed by atoms with Crippen LogP contribution in [0.4, 0.5) is 11.4 Å². The second kappa shape index (κ2) is 11.4. The van der Waals surface area contributed by atoms with E-state index in [9.17, 15) is 5.11 Å². The number of aliphatic hydroxyl groups excluding tert-OH is 2. The zero-order valence-electron chi connectivity index (χ0n) is 15.8. The summed E-state index contributed by atoms with van der Waals surface area (Å²) in [7, 11) is 0. The third kappa shape index (κ3) is 7.43. The number of rotatable bonds is 10. The number of hydrogen-bond donors (Lipinski definition) is 3. The number of allylic oxidation sites excluding steroid dienone is 1. The molecule has 2 atom stereocenters. The molecule has 27 heavy (non-hydrogen) atoms. The molecule has 5 heteroatoms. The quantitative estimate of drug-likeness (QED) is 0.433. The zero-order chi connectivity index (χ0) is 19.5. The van der Waals surface area contributed by atoms with Crippen molar-refractivity contribution < 1.29 is 10.2 Å². The Kier molecular flexibility index (Phi) is 8.84. The lowest BCUT2D eigenvalue weighted by molar-refractivity contribution is 0.144. The van der Waals surface area contributed by atoms with Crippen molar-refractivity contribution in [1.82, 2.24) is 0 Å². The topological polar surface area (TPSA) is 91.2 Å². The van der Waals surface area contributed by atoms with Gasteiger partial charge in [-0.25, -0.2) is 0 Å². The third-order valence-electron chi connectivity index (χ3n) is 4.27. The van der Waals surface area contributed by atoms with E-state index in [4.69, 9.17) is 10.8 Å². The highest BCUT2D eigenvalue weighted by atomic mass is 16.3. The van der Waals surface area contributed by atoms with Gasteiger partial charge in [0.15, 0.2) is 0 Å². The molecule has 0 saturated carbocycles. The summed E-state index contributed by atoms with van der Waals surface area (Å²) in [6, 6.07) is 15.5. The predicted molar refractivity (Wildman–Crippen MR) is 110 cm³/mol. The maximum atomic E-state index is 9.65. The molecule has 0 bridgehead atoms. The molecule has 0 aliphatic heterocycles. The van der Waals surface area contributed by atoms with Gasteiger partial charge in [0, 0.05) is 0 Å². The minimum atomic E-state index is -0.811. The molecule has 0 fully saturated rings. The van der Waals surface area contributed by atoms with Crippen molar-refractivity contribution >= 4 is 11.4 Å². The van der Waals surface area contributed by atoms with Crippen molar-refractivity contribution in [3.05, 3.63) is 71.8 Å². The molecule has 5 nitrogen and oxygen atoms in total. The molecule has 0 aromatic heterocycles. The number of aliphatic hydroxyl groups is 2. The fourth-order valence-electron chi connectivity index (χ4n) is 2.60. The van der Waals surface area contributed by atoms with Crippen molar-refractivity contribution in [2.75, 3.05) is 6.61 Å². The fraction of sp³-hybridized carbons (Fsp3) is 0.364. The molecule has 144 valence electrons. The van der Waals surface area contributed by atoms with Gasteiger partial charge in [-0.1, -0.05) is 49.8 Å². The molecule has 0 aliphatic rings. The fourth-order valence-corrected chi connectivity index (χ4v) is 2.60. The van der Waals surface area contributed by atoms with Crippen molar-refractivity contribution in [2.24, 2.45) is 16.0 Å². The summed E-state index contributed by atoms with van der Waals surface area (Å²) in [6.07, 6.45) is 6.58. The third-order valence-corrected chi connectivity index (χ3v) is 4.27. The number of nitrogens with zero attached hydrogens (tertiary/aromatic N) is 2. The van der Waals surface area contributed by atoms with Crippen LogP contribution in [0.1, 0.15) is 30.9 Å². The summed E-state index contributed by atoms with van der Waals surface area (Å²) in [5, 5.41) is 27.1. The van der Waals surface area contributed by atoms with Crippen LogP contribution in [-0.2, 0) is 12.8 Å². The van der Waals surface area contributed by atoms with E-state index in [1.54, 1.807) is 6.08 Å². The van der Waals surface area contributed by atoms with Gasteiger partial charge in [0.25, 0.3) is 0 Å². The summed E-state index contributed by atoms with van der Waals surface area (Å²) >= 11 is 0. The van der Waals surface area contributed by atoms with Gasteiger partial charge in [-0.15, -0.1) is 0 Å². The van der Waals surface area contributed by atoms with Crippen molar-refractivity contribution in [3.8, 4) is 0 Å². The number of benzene rings is 2. The number of nitrogens with two attached hydrogens (primary N) is 1. The first-order valence-corrected chi connectivity index (χ1v) is 9.43. The van der Waals surface area contributed by atoms with Crippen LogP contribution >= 0.6 is 0 Å². The maximum Gasteiger partial charge on any atom is 0.0894 e. The Bertz CT molecular complexity index is 724. The van der Waals surface area contributed by atoms with Gasteiger partial charge in [0.2, 0.25) is 0 Å². The van der Waals surface area contributed by atoms with Crippen LogP contribution in [0.2, 0.25) is 0 Å². The highest BCUT2D eigenvalue weighted by Gasteiger charge is 2.08. The van der Waals surface area contributed by atoms with Crippen molar-refractivity contribution in [2.45, 2.75) is 44.8 Å². The number of aryl methyl sites for hydroxylation is 2. The molecule has 0 aliphatic carbocycles. The highest BCUT2D eigenvalue weighted by Crippen LogP contribution is 2.20. The van der Waals surface area contributed by atoms with Crippen molar-refractivity contribution in [1.29, 1.82) is 0 Å². The largest absolute Gasteiger partial charge is 0.395 e. The van der Waals surface area contributed by atoms with Crippen LogP contribution in [0.3, 0.4) is 0 Å². The molecule has 2 rings (SSSR count). The molecule has 4 N–H and O–H groups in total. The van der Waals surface area contributed by atoms with Gasteiger partial charge in [0.05, 0.1) is 30.1 Å². The normalized spacial score (nSPS) is 14.1. The molecule has 2 aromatic rings. The Morgan fingerprint density at radius 3 is 1.93 bits per heavy atom. The minimum absolute atomic E-state index is 0.232. The average molecular weight is 367 g/mol. The van der Waals surface area contributed by atoms with Crippen LogP contribution in [0.15, 0.2) is 70.9 Å². The van der Waals surface area contributed by atoms with E-state index >= 15 is 0 Å². The summed E-state index contributed by atoms with van der Waals surface area (Å²) in [5.74, 6) is 0. The van der Waals surface area contributed by atoms with Crippen LogP contribution in [0, 0.1) is 0 Å². The highest BCUT2D eigenvalue weighted by molar-refractivity contribution is 5.42. The summed E-state index contributed by atoms with van der Waals surface area (Å²) in [6.45, 7) is 1.94. The van der Waals surface area contributed by atoms with E-state index < -0.39 is 12.1 Å². The van der Waals surface area contributed by atoms with Gasteiger partial charge in [-0.3, -0.25) is 0 Å². The Morgan fingerprint density at radius 2 is 1.44 bits per heavy atom. The van der Waals surface area contributed by atoms with E-state index in [0.717, 1.165) is 37.1 Å². The molecule has 0 radical (unpaired) electrons. The number of hydrogen-bond acceptors (Lipinski definition) is 5. The molecule has 0 unspecified atom stereocenters. The second-order valence-electron chi connectivity index (χ2n) is 6.59. The average Bonchev–Trinajstić information content (AvgIpc) is 2.71. The van der Waals surface area contributed by atoms with Crippen LogP contribution < -0.4 is 5.73 Å². The lowest BCUT2D eigenvalue weighted by Gasteiger charge is -2.11. The molecule has 0 amide bonds. The maximum absolute atomic E-state index is 9.65. The first-order chi connectivity index (χ1) is 13.1. The Balaban J connectivity index is 1.83. The Morgan fingerprint density at radius 1 is 0.926 bits per heavy atom. The summed E-state index contributed by atoms with van der Waals surface area (Å²) < 4.78 is 0. The van der Waals surface area contributed by atoms with Gasteiger partial charge in [0.1, 0.15) is 0 Å². The van der Waals surface area contributed by atoms with Crippen molar-refractivity contribution in [3.63, 3.8) is 0 Å². The van der Waals surface area contributed by atoms with Gasteiger partial charge >= 0.3 is 0 Å². The summed E-state index contributed by atoms with van der Waals surface area (Å²) in [5.41, 5.74) is 9.72. The van der Waals surface area contributed by atoms with E-state index in [-0.39, 0.29) is 6.61 Å². The van der Waals surface area contributed by atoms with Gasteiger partial charge in [-0.05, 0) is 54.7 Å². The molecular formula is C22H29N3O2. The molecular weight excluding hydrogens is 338 g/mol. The predicted octanol–water partition coefficient (Wildman–Crippen LogP) is 4.22. The Labute approximate surface area is 161 Å². The van der Waals surface area contributed by atoms with Gasteiger partial charge < -0.3 is 15.9 Å². The Hall–Kier alpha value is -2.34. The van der Waals surface area contributed by atoms with Crippen LogP contribution in [-0.4, -0.2) is 29.0 Å². The standard InChI is InChI=1S/C22H29N3O2/c1-2-5-17-8-12-19(13-9-17)24-25-20-14-10-18(11-15-20)6-3-4-7-22(27)21(23)16-26/h4,7-15,21-22,26-27H,2-3,5-6,16,23H2,1H3/b7-4+,25-24?/t21-,22+/m0/s1. The van der Waals surface area contributed by atoms with E-state index in [2.05, 4.69) is 29.3 Å². The van der Waals surface area contributed by atoms with Crippen LogP contribution in [0.25, 0.3) is 0 Å². The van der Waals surface area contributed by atoms with E-state index in [1.807, 2.05) is 42.5 Å². The van der Waals surface area contributed by atoms with E-state index in [0.29, 0.717) is 0 Å². The van der Waals surface area contributed by atoms with Crippen LogP contribution in [0.5, 0.6) is 0 Å².